The maximum Gasteiger partial charge on any atom is 0.191 e. The van der Waals surface area contributed by atoms with Crippen molar-refractivity contribution in [1.29, 1.82) is 0 Å². The molecule has 0 spiro atoms. The van der Waals surface area contributed by atoms with Crippen molar-refractivity contribution in [2.45, 2.75) is 26.0 Å². The first kappa shape index (κ1) is 20.6. The SMILES string of the molecule is CCNC(=NCc1ccc(OC)cc1OC)NCC(C)(O)c1ccccc1. The van der Waals surface area contributed by atoms with E-state index < -0.39 is 5.60 Å². The number of ether oxygens (including phenoxy) is 2. The van der Waals surface area contributed by atoms with Gasteiger partial charge in [-0.2, -0.15) is 0 Å². The van der Waals surface area contributed by atoms with E-state index in [1.165, 1.54) is 0 Å². The molecule has 146 valence electrons. The van der Waals surface area contributed by atoms with Crippen LogP contribution in [0.25, 0.3) is 0 Å². The first-order valence-electron chi connectivity index (χ1n) is 9.01. The summed E-state index contributed by atoms with van der Waals surface area (Å²) in [6.07, 6.45) is 0. The van der Waals surface area contributed by atoms with Crippen LogP contribution >= 0.6 is 0 Å². The molecule has 2 rings (SSSR count). The number of nitrogens with one attached hydrogen (secondary N) is 2. The number of aliphatic hydroxyl groups is 1. The smallest absolute Gasteiger partial charge is 0.191 e. The predicted molar refractivity (Wildman–Crippen MR) is 108 cm³/mol. The Hall–Kier alpha value is -2.73. The van der Waals surface area contributed by atoms with Crippen molar-refractivity contribution >= 4 is 5.96 Å². The summed E-state index contributed by atoms with van der Waals surface area (Å²) in [5.74, 6) is 2.10. The van der Waals surface area contributed by atoms with Gasteiger partial charge < -0.3 is 25.2 Å². The van der Waals surface area contributed by atoms with Gasteiger partial charge in [0.15, 0.2) is 5.96 Å². The van der Waals surface area contributed by atoms with E-state index in [-0.39, 0.29) is 0 Å². The van der Waals surface area contributed by atoms with Gasteiger partial charge in [0.05, 0.1) is 27.3 Å². The average molecular weight is 371 g/mol. The van der Waals surface area contributed by atoms with Crippen LogP contribution in [0.1, 0.15) is 25.0 Å². The lowest BCUT2D eigenvalue weighted by atomic mass is 9.96. The van der Waals surface area contributed by atoms with Crippen LogP contribution in [0.2, 0.25) is 0 Å². The third-order valence-corrected chi connectivity index (χ3v) is 4.24. The predicted octanol–water partition coefficient (Wildman–Crippen LogP) is 2.67. The molecule has 6 heteroatoms. The van der Waals surface area contributed by atoms with Crippen molar-refractivity contribution in [1.82, 2.24) is 10.6 Å². The molecule has 0 radical (unpaired) electrons. The molecular weight excluding hydrogens is 342 g/mol. The number of aliphatic imine (C=N–C) groups is 1. The Labute approximate surface area is 161 Å². The molecule has 27 heavy (non-hydrogen) atoms. The Bertz CT molecular complexity index is 746. The van der Waals surface area contributed by atoms with Crippen LogP contribution in [0.4, 0.5) is 0 Å². The molecule has 2 aromatic carbocycles. The summed E-state index contributed by atoms with van der Waals surface area (Å²) in [6, 6.07) is 15.2. The summed E-state index contributed by atoms with van der Waals surface area (Å²) < 4.78 is 10.6. The van der Waals surface area contributed by atoms with Gasteiger partial charge in [0, 0.05) is 18.2 Å². The molecule has 1 unspecified atom stereocenters. The second-order valence-corrected chi connectivity index (χ2v) is 6.37. The van der Waals surface area contributed by atoms with Crippen LogP contribution in [0.15, 0.2) is 53.5 Å². The van der Waals surface area contributed by atoms with Gasteiger partial charge in [-0.15, -0.1) is 0 Å². The lowest BCUT2D eigenvalue weighted by Gasteiger charge is -2.25. The first-order chi connectivity index (χ1) is 13.0. The lowest BCUT2D eigenvalue weighted by molar-refractivity contribution is 0.0617. The summed E-state index contributed by atoms with van der Waals surface area (Å²) in [6.45, 7) is 5.28. The highest BCUT2D eigenvalue weighted by atomic mass is 16.5. The Balaban J connectivity index is 2.08. The number of hydrogen-bond donors (Lipinski definition) is 3. The van der Waals surface area contributed by atoms with Crippen LogP contribution in [0.3, 0.4) is 0 Å². The molecule has 0 aliphatic heterocycles. The van der Waals surface area contributed by atoms with Gasteiger partial charge in [-0.1, -0.05) is 30.3 Å². The summed E-state index contributed by atoms with van der Waals surface area (Å²) >= 11 is 0. The average Bonchev–Trinajstić information content (AvgIpc) is 2.70. The number of benzene rings is 2. The molecule has 0 bridgehead atoms. The summed E-state index contributed by atoms with van der Waals surface area (Å²) in [4.78, 5) is 4.61. The van der Waals surface area contributed by atoms with Crippen LogP contribution in [0, 0.1) is 0 Å². The molecular formula is C21H29N3O3. The van der Waals surface area contributed by atoms with Gasteiger partial charge in [-0.25, -0.2) is 4.99 Å². The van der Waals surface area contributed by atoms with Gasteiger partial charge in [0.2, 0.25) is 0 Å². The molecule has 0 amide bonds. The standard InChI is InChI=1S/C21H29N3O3/c1-5-22-20(24-15-21(2,25)17-9-7-6-8-10-17)23-14-16-11-12-18(26-3)13-19(16)27-4/h6-13,25H,5,14-15H2,1-4H3,(H2,22,23,24). The highest BCUT2D eigenvalue weighted by Crippen LogP contribution is 2.25. The quantitative estimate of drug-likeness (QED) is 0.491. The van der Waals surface area contributed by atoms with E-state index >= 15 is 0 Å². The Kier molecular flexibility index (Phi) is 7.49. The van der Waals surface area contributed by atoms with Crippen LogP contribution in [-0.4, -0.2) is 38.4 Å². The molecule has 1 atom stereocenters. The highest BCUT2D eigenvalue weighted by Gasteiger charge is 2.22. The van der Waals surface area contributed by atoms with E-state index in [1.807, 2.05) is 55.5 Å². The number of methoxy groups -OCH3 is 2. The van der Waals surface area contributed by atoms with Crippen molar-refractivity contribution in [3.63, 3.8) is 0 Å². The third-order valence-electron chi connectivity index (χ3n) is 4.24. The summed E-state index contributed by atoms with van der Waals surface area (Å²) in [5.41, 5.74) is 0.797. The van der Waals surface area contributed by atoms with E-state index in [2.05, 4.69) is 15.6 Å². The maximum atomic E-state index is 10.7. The van der Waals surface area contributed by atoms with Crippen molar-refractivity contribution in [2.24, 2.45) is 4.99 Å². The first-order valence-corrected chi connectivity index (χ1v) is 9.01. The maximum absolute atomic E-state index is 10.7. The Morgan fingerprint density at radius 2 is 1.81 bits per heavy atom. The van der Waals surface area contributed by atoms with Gasteiger partial charge >= 0.3 is 0 Å². The molecule has 0 saturated carbocycles. The summed E-state index contributed by atoms with van der Waals surface area (Å²) in [7, 11) is 3.25. The van der Waals surface area contributed by atoms with E-state index in [0.29, 0.717) is 19.0 Å². The molecule has 0 aliphatic rings. The van der Waals surface area contributed by atoms with E-state index in [1.54, 1.807) is 21.1 Å². The number of nitrogens with zero attached hydrogens (tertiary/aromatic N) is 1. The van der Waals surface area contributed by atoms with Crippen molar-refractivity contribution in [3.05, 3.63) is 59.7 Å². The minimum Gasteiger partial charge on any atom is -0.497 e. The normalized spacial score (nSPS) is 13.6. The highest BCUT2D eigenvalue weighted by molar-refractivity contribution is 5.79. The van der Waals surface area contributed by atoms with Gasteiger partial charge in [0.25, 0.3) is 0 Å². The Morgan fingerprint density at radius 1 is 1.07 bits per heavy atom. The molecule has 0 aromatic heterocycles. The Morgan fingerprint density at radius 3 is 2.44 bits per heavy atom. The second kappa shape index (κ2) is 9.83. The monoisotopic (exact) mass is 371 g/mol. The second-order valence-electron chi connectivity index (χ2n) is 6.37. The number of hydrogen-bond acceptors (Lipinski definition) is 4. The van der Waals surface area contributed by atoms with E-state index in [9.17, 15) is 5.11 Å². The fourth-order valence-electron chi connectivity index (χ4n) is 2.64. The fraction of sp³-hybridized carbons (Fsp3) is 0.381. The molecule has 0 heterocycles. The van der Waals surface area contributed by atoms with Crippen LogP contribution < -0.4 is 20.1 Å². The van der Waals surface area contributed by atoms with Gasteiger partial charge in [-0.05, 0) is 31.5 Å². The van der Waals surface area contributed by atoms with Crippen molar-refractivity contribution in [2.75, 3.05) is 27.3 Å². The minimum absolute atomic E-state index is 0.336. The van der Waals surface area contributed by atoms with Crippen LogP contribution in [0.5, 0.6) is 11.5 Å². The lowest BCUT2D eigenvalue weighted by Crippen LogP contribution is -2.44. The van der Waals surface area contributed by atoms with Crippen molar-refractivity contribution < 1.29 is 14.6 Å². The largest absolute Gasteiger partial charge is 0.497 e. The molecule has 3 N–H and O–H groups in total. The van der Waals surface area contributed by atoms with Gasteiger partial charge in [-0.3, -0.25) is 0 Å². The molecule has 2 aromatic rings. The zero-order chi connectivity index (χ0) is 19.7. The zero-order valence-corrected chi connectivity index (χ0v) is 16.5. The molecule has 0 fully saturated rings. The number of guanidine groups is 1. The third kappa shape index (κ3) is 5.89. The van der Waals surface area contributed by atoms with Gasteiger partial charge in [0.1, 0.15) is 17.1 Å². The molecule has 0 aliphatic carbocycles. The zero-order valence-electron chi connectivity index (χ0n) is 16.5. The molecule has 0 saturated heterocycles. The number of rotatable bonds is 8. The fourth-order valence-corrected chi connectivity index (χ4v) is 2.64. The van der Waals surface area contributed by atoms with Crippen LogP contribution in [-0.2, 0) is 12.1 Å². The van der Waals surface area contributed by atoms with E-state index in [0.717, 1.165) is 29.2 Å². The summed E-state index contributed by atoms with van der Waals surface area (Å²) in [5, 5.41) is 17.2. The minimum atomic E-state index is -1.00. The topological polar surface area (TPSA) is 75.1 Å². The van der Waals surface area contributed by atoms with E-state index in [4.69, 9.17) is 9.47 Å². The molecule has 6 nitrogen and oxygen atoms in total. The van der Waals surface area contributed by atoms with Crippen molar-refractivity contribution in [3.8, 4) is 11.5 Å².